The van der Waals surface area contributed by atoms with Crippen LogP contribution in [0.25, 0.3) is 0 Å². The molecule has 1 aromatic rings. The number of amides is 1. The second kappa shape index (κ2) is 7.80. The Hall–Kier alpha value is -2.51. The number of hydrogen-bond donors (Lipinski definition) is 3. The lowest BCUT2D eigenvalue weighted by Gasteiger charge is -2.28. The maximum Gasteiger partial charge on any atom is 0.408 e. The minimum absolute atomic E-state index is 0.00501. The average Bonchev–Trinajstić information content (AvgIpc) is 2.40. The molecule has 26 heavy (non-hydrogen) atoms. The zero-order valence-electron chi connectivity index (χ0n) is 15.4. The van der Waals surface area contributed by atoms with Gasteiger partial charge in [-0.05, 0) is 46.8 Å². The molecular formula is C16H24N4O5S. The first-order chi connectivity index (χ1) is 11.7. The number of ether oxygens (including phenoxy) is 2. The van der Waals surface area contributed by atoms with Gasteiger partial charge in [0.1, 0.15) is 29.6 Å². The first-order valence-electron chi connectivity index (χ1n) is 7.70. The van der Waals surface area contributed by atoms with Gasteiger partial charge in [-0.25, -0.2) is 9.93 Å². The molecule has 1 aromatic carbocycles. The number of carbonyl (C=O) groups is 1. The van der Waals surface area contributed by atoms with Gasteiger partial charge in [-0.3, -0.25) is 4.72 Å². The molecule has 0 heterocycles. The van der Waals surface area contributed by atoms with Gasteiger partial charge in [0.05, 0.1) is 11.2 Å². The summed E-state index contributed by atoms with van der Waals surface area (Å²) in [6, 6.07) is 6.29. The minimum Gasteiger partial charge on any atom is -0.490 e. The largest absolute Gasteiger partial charge is 0.490 e. The van der Waals surface area contributed by atoms with Crippen molar-refractivity contribution in [3.63, 3.8) is 0 Å². The van der Waals surface area contributed by atoms with Crippen molar-refractivity contribution < 1.29 is 22.7 Å². The van der Waals surface area contributed by atoms with Gasteiger partial charge in [-0.15, -0.1) is 0 Å². The van der Waals surface area contributed by atoms with E-state index in [1.165, 1.54) is 18.2 Å². The molecule has 0 aromatic heterocycles. The molecule has 0 atom stereocenters. The Kier molecular flexibility index (Phi) is 6.46. The van der Waals surface area contributed by atoms with Gasteiger partial charge in [0, 0.05) is 0 Å². The van der Waals surface area contributed by atoms with Gasteiger partial charge in [0.15, 0.2) is 0 Å². The van der Waals surface area contributed by atoms with Crippen LogP contribution in [0.15, 0.2) is 18.2 Å². The molecule has 0 fully saturated rings. The molecule has 0 bridgehead atoms. The third kappa shape index (κ3) is 7.58. The van der Waals surface area contributed by atoms with E-state index in [0.29, 0.717) is 0 Å². The van der Waals surface area contributed by atoms with Crippen molar-refractivity contribution in [2.24, 2.45) is 5.14 Å². The normalized spacial score (nSPS) is 12.0. The number of hydrogen-bond acceptors (Lipinski definition) is 6. The van der Waals surface area contributed by atoms with Crippen LogP contribution in [-0.4, -0.2) is 32.3 Å². The van der Waals surface area contributed by atoms with E-state index in [4.69, 9.17) is 14.6 Å². The van der Waals surface area contributed by atoms with Crippen LogP contribution in [0.5, 0.6) is 5.75 Å². The van der Waals surface area contributed by atoms with Gasteiger partial charge in [0.2, 0.25) is 0 Å². The number of carbonyl (C=O) groups excluding carboxylic acids is 1. The summed E-state index contributed by atoms with van der Waals surface area (Å²) < 4.78 is 35.2. The molecule has 10 heteroatoms. The van der Waals surface area contributed by atoms with Gasteiger partial charge in [-0.1, -0.05) is 6.07 Å². The summed E-state index contributed by atoms with van der Waals surface area (Å²) >= 11 is 0. The molecule has 1 amide bonds. The third-order valence-electron chi connectivity index (χ3n) is 2.82. The summed E-state index contributed by atoms with van der Waals surface area (Å²) in [6.45, 7) is 8.70. The van der Waals surface area contributed by atoms with Crippen LogP contribution in [0, 0.1) is 11.3 Å². The molecule has 144 valence electrons. The summed E-state index contributed by atoms with van der Waals surface area (Å²) in [4.78, 5) is 11.9. The van der Waals surface area contributed by atoms with E-state index in [1.54, 1.807) is 34.6 Å². The number of anilines is 1. The molecule has 0 spiro atoms. The molecule has 0 saturated heterocycles. The van der Waals surface area contributed by atoms with Crippen molar-refractivity contribution in [1.29, 1.82) is 5.26 Å². The number of rotatable bonds is 6. The topological polar surface area (TPSA) is 144 Å². The van der Waals surface area contributed by atoms with Crippen LogP contribution in [-0.2, 0) is 14.9 Å². The molecule has 1 rings (SSSR count). The number of nitrogens with one attached hydrogen (secondary N) is 2. The second-order valence-corrected chi connectivity index (χ2v) is 8.53. The van der Waals surface area contributed by atoms with Crippen LogP contribution in [0.3, 0.4) is 0 Å². The Balaban J connectivity index is 2.88. The van der Waals surface area contributed by atoms with Crippen molar-refractivity contribution in [2.45, 2.75) is 45.8 Å². The Bertz CT molecular complexity index is 807. The molecular weight excluding hydrogens is 360 g/mol. The molecule has 0 aliphatic carbocycles. The number of nitriles is 1. The average molecular weight is 384 g/mol. The maximum atomic E-state index is 11.9. The SMILES string of the molecule is CC(C)(COc1cccc(NS(N)(=O)=O)c1C#N)NC(=O)OC(C)(C)C. The molecule has 0 saturated carbocycles. The van der Waals surface area contributed by atoms with Crippen molar-refractivity contribution in [1.82, 2.24) is 5.32 Å². The zero-order valence-corrected chi connectivity index (χ0v) is 16.2. The fourth-order valence-electron chi connectivity index (χ4n) is 1.88. The zero-order chi connectivity index (χ0) is 20.2. The van der Waals surface area contributed by atoms with E-state index >= 15 is 0 Å². The molecule has 0 radical (unpaired) electrons. The number of benzene rings is 1. The van der Waals surface area contributed by atoms with E-state index < -0.39 is 27.4 Å². The molecule has 0 aliphatic rings. The van der Waals surface area contributed by atoms with E-state index in [1.807, 2.05) is 6.07 Å². The number of nitrogens with zero attached hydrogens (tertiary/aromatic N) is 1. The third-order valence-corrected chi connectivity index (χ3v) is 3.32. The summed E-state index contributed by atoms with van der Waals surface area (Å²) in [5.74, 6) is 0.153. The Morgan fingerprint density at radius 2 is 1.88 bits per heavy atom. The van der Waals surface area contributed by atoms with Crippen LogP contribution in [0.2, 0.25) is 0 Å². The highest BCUT2D eigenvalue weighted by molar-refractivity contribution is 7.90. The van der Waals surface area contributed by atoms with Gasteiger partial charge < -0.3 is 14.8 Å². The van der Waals surface area contributed by atoms with Gasteiger partial charge >= 0.3 is 6.09 Å². The van der Waals surface area contributed by atoms with Gasteiger partial charge in [0.25, 0.3) is 10.2 Å². The predicted octanol–water partition coefficient (Wildman–Crippen LogP) is 1.86. The highest BCUT2D eigenvalue weighted by atomic mass is 32.2. The highest BCUT2D eigenvalue weighted by Gasteiger charge is 2.26. The molecule has 4 N–H and O–H groups in total. The monoisotopic (exact) mass is 384 g/mol. The van der Waals surface area contributed by atoms with E-state index in [9.17, 15) is 18.5 Å². The quantitative estimate of drug-likeness (QED) is 0.683. The smallest absolute Gasteiger partial charge is 0.408 e. The lowest BCUT2D eigenvalue weighted by atomic mass is 10.1. The lowest BCUT2D eigenvalue weighted by Crippen LogP contribution is -2.49. The summed E-state index contributed by atoms with van der Waals surface area (Å²) in [5.41, 5.74) is -1.46. The van der Waals surface area contributed by atoms with Crippen molar-refractivity contribution in [3.8, 4) is 11.8 Å². The minimum atomic E-state index is -4.03. The van der Waals surface area contributed by atoms with Crippen molar-refractivity contribution in [2.75, 3.05) is 11.3 Å². The molecule has 9 nitrogen and oxygen atoms in total. The van der Waals surface area contributed by atoms with E-state index in [2.05, 4.69) is 10.0 Å². The standard InChI is InChI=1S/C16H24N4O5S/c1-15(2,3)25-14(21)19-16(4,5)10-24-13-8-6-7-12(11(13)9-17)20-26(18,22)23/h6-8,20H,10H2,1-5H3,(H,19,21)(H2,18,22,23). The molecule has 0 unspecified atom stereocenters. The number of nitrogens with two attached hydrogens (primary N) is 1. The van der Waals surface area contributed by atoms with Crippen LogP contribution < -0.4 is 19.9 Å². The Labute approximate surface area is 153 Å². The fourth-order valence-corrected chi connectivity index (χ4v) is 2.36. The lowest BCUT2D eigenvalue weighted by molar-refractivity contribution is 0.0441. The van der Waals surface area contributed by atoms with Gasteiger partial charge in [-0.2, -0.15) is 13.7 Å². The fraction of sp³-hybridized carbons (Fsp3) is 0.500. The Morgan fingerprint density at radius 1 is 1.27 bits per heavy atom. The Morgan fingerprint density at radius 3 is 2.38 bits per heavy atom. The molecule has 0 aliphatic heterocycles. The highest BCUT2D eigenvalue weighted by Crippen LogP contribution is 2.27. The van der Waals surface area contributed by atoms with E-state index in [-0.39, 0.29) is 23.6 Å². The van der Waals surface area contributed by atoms with E-state index in [0.717, 1.165) is 0 Å². The summed E-state index contributed by atoms with van der Waals surface area (Å²) in [7, 11) is -4.03. The summed E-state index contributed by atoms with van der Waals surface area (Å²) in [6.07, 6.45) is -0.601. The first-order valence-corrected chi connectivity index (χ1v) is 9.25. The summed E-state index contributed by atoms with van der Waals surface area (Å²) in [5, 5.41) is 16.9. The van der Waals surface area contributed by atoms with Crippen LogP contribution in [0.4, 0.5) is 10.5 Å². The maximum absolute atomic E-state index is 11.9. The van der Waals surface area contributed by atoms with Crippen molar-refractivity contribution in [3.05, 3.63) is 23.8 Å². The second-order valence-electron chi connectivity index (χ2n) is 7.24. The van der Waals surface area contributed by atoms with Crippen LogP contribution >= 0.6 is 0 Å². The first kappa shape index (κ1) is 21.5. The predicted molar refractivity (Wildman–Crippen MR) is 96.8 cm³/mol. The number of alkyl carbamates (subject to hydrolysis) is 1. The van der Waals surface area contributed by atoms with Crippen LogP contribution in [0.1, 0.15) is 40.2 Å². The van der Waals surface area contributed by atoms with Crippen molar-refractivity contribution >= 4 is 22.0 Å².